The molecule has 3 N–H and O–H groups in total. The van der Waals surface area contributed by atoms with Gasteiger partial charge < -0.3 is 25.4 Å². The number of unbranched alkanes of at least 4 members (excludes halogenated alkanes) is 4. The largest absolute Gasteiger partial charge is 0.460 e. The number of rotatable bonds is 14. The van der Waals surface area contributed by atoms with Gasteiger partial charge in [-0.15, -0.1) is 11.3 Å². The molecule has 1 saturated heterocycles. The molecular formula is C36H54N4O6S. The summed E-state index contributed by atoms with van der Waals surface area (Å²) in [7, 11) is 0. The third kappa shape index (κ3) is 11.7. The number of ether oxygens (including phenoxy) is 1. The molecule has 10 nitrogen and oxygen atoms in total. The summed E-state index contributed by atoms with van der Waals surface area (Å²) < 4.78 is 5.33. The first-order valence-corrected chi connectivity index (χ1v) is 17.6. The van der Waals surface area contributed by atoms with Crippen LogP contribution in [-0.2, 0) is 23.9 Å². The first-order chi connectivity index (χ1) is 22.0. The fourth-order valence-electron chi connectivity index (χ4n) is 5.73. The molecule has 11 heteroatoms. The van der Waals surface area contributed by atoms with Gasteiger partial charge in [0.25, 0.3) is 0 Å². The van der Waals surface area contributed by atoms with Crippen LogP contribution in [0.5, 0.6) is 0 Å². The average Bonchev–Trinajstić information content (AvgIpc) is 3.58. The van der Waals surface area contributed by atoms with Crippen LogP contribution in [0.4, 0.5) is 0 Å². The van der Waals surface area contributed by atoms with E-state index < -0.39 is 29.2 Å². The van der Waals surface area contributed by atoms with E-state index >= 15 is 0 Å². The number of hydrogen-bond acceptors (Lipinski definition) is 8. The second-order valence-corrected chi connectivity index (χ2v) is 15.6. The van der Waals surface area contributed by atoms with Gasteiger partial charge in [-0.2, -0.15) is 0 Å². The number of carbonyl (C=O) groups is 4. The normalized spacial score (nSPS) is 18.0. The van der Waals surface area contributed by atoms with Crippen LogP contribution in [-0.4, -0.2) is 69.0 Å². The van der Waals surface area contributed by atoms with Crippen molar-refractivity contribution in [1.82, 2.24) is 20.5 Å². The van der Waals surface area contributed by atoms with E-state index in [4.69, 9.17) is 4.74 Å². The van der Waals surface area contributed by atoms with Crippen molar-refractivity contribution in [3.8, 4) is 10.4 Å². The third-order valence-corrected chi connectivity index (χ3v) is 9.24. The van der Waals surface area contributed by atoms with E-state index in [-0.39, 0.29) is 49.1 Å². The van der Waals surface area contributed by atoms with Crippen LogP contribution in [0.1, 0.15) is 117 Å². The standard InChI is InChI=1S/C36H54N4O6S/c1-23(25-16-18-26(19-17-25)31-24(2)37-22-47-31)38-33(44)28-20-27(41)21-40(28)34(45)32(35(3,4)5)39-29(42)14-12-10-9-11-13-15-30(43)46-36(6,7)8/h16-19,22-23,27-28,32,41H,9-15,20-21H2,1-8H3,(H,38,44)(H,39,42)/t23-,27+,28-,32?/m0/s1. The number of esters is 1. The van der Waals surface area contributed by atoms with Gasteiger partial charge >= 0.3 is 5.97 Å². The molecule has 1 aliphatic rings. The summed E-state index contributed by atoms with van der Waals surface area (Å²) in [6.45, 7) is 15.1. The Balaban J connectivity index is 1.52. The minimum Gasteiger partial charge on any atom is -0.460 e. The van der Waals surface area contributed by atoms with Gasteiger partial charge in [-0.3, -0.25) is 19.2 Å². The van der Waals surface area contributed by atoms with Crippen LogP contribution in [0, 0.1) is 12.3 Å². The third-order valence-electron chi connectivity index (χ3n) is 8.26. The summed E-state index contributed by atoms with van der Waals surface area (Å²) in [5, 5.41) is 16.5. The lowest BCUT2D eigenvalue weighted by Crippen LogP contribution is -2.57. The molecule has 1 unspecified atom stereocenters. The maximum absolute atomic E-state index is 13.9. The second-order valence-electron chi connectivity index (χ2n) is 14.7. The average molecular weight is 671 g/mol. The van der Waals surface area contributed by atoms with Gasteiger partial charge in [-0.05, 0) is 64.0 Å². The Bertz CT molecular complexity index is 1360. The fraction of sp³-hybridized carbons (Fsp3) is 0.639. The van der Waals surface area contributed by atoms with Crippen LogP contribution in [0.3, 0.4) is 0 Å². The number of carbonyl (C=O) groups excluding carboxylic acids is 4. The number of aromatic nitrogens is 1. The first kappa shape index (κ1) is 38.1. The topological polar surface area (TPSA) is 138 Å². The molecule has 1 aliphatic heterocycles. The zero-order valence-corrected chi connectivity index (χ0v) is 30.2. The van der Waals surface area contributed by atoms with Crippen LogP contribution in [0.15, 0.2) is 29.8 Å². The number of thiazole rings is 1. The number of nitrogens with one attached hydrogen (secondary N) is 2. The smallest absolute Gasteiger partial charge is 0.306 e. The molecule has 0 radical (unpaired) electrons. The number of β-amino-alcohol motifs (C(OH)–C–C–N with tert-alkyl or cyclic N) is 1. The van der Waals surface area contributed by atoms with E-state index in [1.807, 2.05) is 85.2 Å². The molecule has 0 aliphatic carbocycles. The highest BCUT2D eigenvalue weighted by Crippen LogP contribution is 2.29. The summed E-state index contributed by atoms with van der Waals surface area (Å²) in [5.74, 6) is -1.13. The van der Waals surface area contributed by atoms with Gasteiger partial charge in [0.05, 0.1) is 28.2 Å². The summed E-state index contributed by atoms with van der Waals surface area (Å²) in [5.41, 5.74) is 3.68. The van der Waals surface area contributed by atoms with Crippen LogP contribution < -0.4 is 10.6 Å². The maximum atomic E-state index is 13.9. The van der Waals surface area contributed by atoms with Crippen molar-refractivity contribution in [1.29, 1.82) is 0 Å². The zero-order valence-electron chi connectivity index (χ0n) is 29.4. The van der Waals surface area contributed by atoms with Gasteiger partial charge in [0.2, 0.25) is 17.7 Å². The Morgan fingerprint density at radius 2 is 1.60 bits per heavy atom. The monoisotopic (exact) mass is 670 g/mol. The van der Waals surface area contributed by atoms with E-state index in [2.05, 4.69) is 15.6 Å². The molecule has 1 aromatic heterocycles. The summed E-state index contributed by atoms with van der Waals surface area (Å²) in [6.07, 6.45) is 3.98. The van der Waals surface area contributed by atoms with Crippen molar-refractivity contribution >= 4 is 35.0 Å². The van der Waals surface area contributed by atoms with Gasteiger partial charge in [-0.25, -0.2) is 4.98 Å². The van der Waals surface area contributed by atoms with Crippen molar-refractivity contribution in [3.63, 3.8) is 0 Å². The van der Waals surface area contributed by atoms with Gasteiger partial charge in [0, 0.05) is 25.8 Å². The molecule has 3 amide bonds. The lowest BCUT2D eigenvalue weighted by molar-refractivity contribution is -0.155. The molecule has 3 rings (SSSR count). The van der Waals surface area contributed by atoms with E-state index in [0.29, 0.717) is 12.8 Å². The van der Waals surface area contributed by atoms with Gasteiger partial charge in [-0.1, -0.05) is 64.3 Å². The fourth-order valence-corrected chi connectivity index (χ4v) is 6.54. The molecule has 0 saturated carbocycles. The summed E-state index contributed by atoms with van der Waals surface area (Å²) in [4.78, 5) is 59.0. The second kappa shape index (κ2) is 16.7. The molecule has 1 aromatic carbocycles. The zero-order chi connectivity index (χ0) is 34.9. The van der Waals surface area contributed by atoms with Gasteiger partial charge in [0.15, 0.2) is 0 Å². The molecular weight excluding hydrogens is 616 g/mol. The quantitative estimate of drug-likeness (QED) is 0.169. The van der Waals surface area contributed by atoms with Crippen molar-refractivity contribution in [3.05, 3.63) is 41.0 Å². The van der Waals surface area contributed by atoms with E-state index in [1.54, 1.807) is 11.3 Å². The molecule has 2 heterocycles. The Kier molecular flexibility index (Phi) is 13.5. The number of aliphatic hydroxyl groups excluding tert-OH is 1. The first-order valence-electron chi connectivity index (χ1n) is 16.8. The number of hydrogen-bond donors (Lipinski definition) is 3. The van der Waals surface area contributed by atoms with Crippen LogP contribution in [0.2, 0.25) is 0 Å². The maximum Gasteiger partial charge on any atom is 0.306 e. The Labute approximate surface area is 284 Å². The number of aryl methyl sites for hydroxylation is 1. The Hall–Kier alpha value is -3.31. The van der Waals surface area contributed by atoms with Crippen LogP contribution in [0.25, 0.3) is 10.4 Å². The van der Waals surface area contributed by atoms with Crippen molar-refractivity contribution < 1.29 is 29.0 Å². The molecule has 2 aromatic rings. The number of benzene rings is 1. The number of amides is 3. The van der Waals surface area contributed by atoms with E-state index in [0.717, 1.165) is 47.4 Å². The van der Waals surface area contributed by atoms with Crippen molar-refractivity contribution in [2.24, 2.45) is 5.41 Å². The van der Waals surface area contributed by atoms with E-state index in [1.165, 1.54) is 4.90 Å². The van der Waals surface area contributed by atoms with Gasteiger partial charge in [0.1, 0.15) is 17.7 Å². The Morgan fingerprint density at radius 1 is 0.979 bits per heavy atom. The molecule has 260 valence electrons. The summed E-state index contributed by atoms with van der Waals surface area (Å²) >= 11 is 1.58. The number of nitrogens with zero attached hydrogens (tertiary/aromatic N) is 2. The Morgan fingerprint density at radius 3 is 2.17 bits per heavy atom. The highest BCUT2D eigenvalue weighted by atomic mass is 32.1. The highest BCUT2D eigenvalue weighted by molar-refractivity contribution is 7.13. The predicted octanol–water partition coefficient (Wildman–Crippen LogP) is 5.86. The van der Waals surface area contributed by atoms with E-state index in [9.17, 15) is 24.3 Å². The molecule has 4 atom stereocenters. The molecule has 0 spiro atoms. The molecule has 47 heavy (non-hydrogen) atoms. The van der Waals surface area contributed by atoms with Crippen LogP contribution >= 0.6 is 11.3 Å². The summed E-state index contributed by atoms with van der Waals surface area (Å²) in [6, 6.07) is 5.95. The number of aliphatic hydroxyl groups is 1. The lowest BCUT2D eigenvalue weighted by Gasteiger charge is -2.35. The minimum atomic E-state index is -0.857. The predicted molar refractivity (Wildman–Crippen MR) is 185 cm³/mol. The highest BCUT2D eigenvalue weighted by Gasteiger charge is 2.44. The minimum absolute atomic E-state index is 0.0277. The van der Waals surface area contributed by atoms with Crippen molar-refractivity contribution in [2.45, 2.75) is 137 Å². The number of likely N-dealkylation sites (tertiary alicyclic amines) is 1. The molecule has 0 bridgehead atoms. The van der Waals surface area contributed by atoms with Crippen molar-refractivity contribution in [2.75, 3.05) is 6.54 Å². The lowest BCUT2D eigenvalue weighted by atomic mass is 9.85. The SMILES string of the molecule is Cc1ncsc1-c1ccc([C@H](C)NC(=O)[C@@H]2C[C@@H](O)CN2C(=O)C(NC(=O)CCCCCCCC(=O)OC(C)(C)C)C(C)(C)C)cc1. The molecule has 1 fully saturated rings.